The van der Waals surface area contributed by atoms with Crippen LogP contribution in [0.25, 0.3) is 0 Å². The Morgan fingerprint density at radius 2 is 1.84 bits per heavy atom. The second kappa shape index (κ2) is 8.78. The normalized spacial score (nSPS) is 32.7. The molecule has 32 heavy (non-hydrogen) atoms. The van der Waals surface area contributed by atoms with E-state index in [1.807, 2.05) is 40.7 Å². The Morgan fingerprint density at radius 3 is 2.53 bits per heavy atom. The van der Waals surface area contributed by atoms with Gasteiger partial charge in [-0.05, 0) is 37.2 Å². The summed E-state index contributed by atoms with van der Waals surface area (Å²) in [7, 11) is 0. The average Bonchev–Trinajstić information content (AvgIpc) is 3.17. The summed E-state index contributed by atoms with van der Waals surface area (Å²) in [6.45, 7) is 11.8. The molecule has 6 unspecified atom stereocenters. The Hall–Kier alpha value is -1.93. The van der Waals surface area contributed by atoms with Gasteiger partial charge in [-0.1, -0.05) is 34.6 Å². The van der Waals surface area contributed by atoms with Crippen LogP contribution < -0.4 is 10.6 Å². The molecule has 6 atom stereocenters. The molecular formula is C24H38N4O4. The van der Waals surface area contributed by atoms with Crippen LogP contribution in [0.4, 0.5) is 0 Å². The number of aromatic amines is 1. The van der Waals surface area contributed by atoms with Gasteiger partial charge in [-0.3, -0.25) is 14.7 Å². The number of H-pyrrole nitrogens is 1. The molecule has 4 rings (SSSR count). The van der Waals surface area contributed by atoms with Gasteiger partial charge in [-0.15, -0.1) is 0 Å². The van der Waals surface area contributed by atoms with E-state index in [2.05, 4.69) is 20.8 Å². The Morgan fingerprint density at radius 1 is 1.09 bits per heavy atom. The molecule has 1 aliphatic carbocycles. The van der Waals surface area contributed by atoms with E-state index in [9.17, 15) is 9.59 Å². The maximum Gasteiger partial charge on any atom is 0.225 e. The summed E-state index contributed by atoms with van der Waals surface area (Å²) in [6.07, 6.45) is 4.26. The highest BCUT2D eigenvalue weighted by atomic mass is 16.5. The second-order valence-corrected chi connectivity index (χ2v) is 11.5. The fourth-order valence-electron chi connectivity index (χ4n) is 5.14. The Labute approximate surface area is 190 Å². The van der Waals surface area contributed by atoms with Crippen LogP contribution in [0, 0.1) is 28.6 Å². The lowest BCUT2D eigenvalue weighted by atomic mass is 9.83. The van der Waals surface area contributed by atoms with Crippen molar-refractivity contribution in [3.63, 3.8) is 0 Å². The molecule has 8 nitrogen and oxygen atoms in total. The highest BCUT2D eigenvalue weighted by Gasteiger charge is 2.51. The quantitative estimate of drug-likeness (QED) is 0.597. The van der Waals surface area contributed by atoms with Gasteiger partial charge in [0.1, 0.15) is 6.10 Å². The van der Waals surface area contributed by atoms with E-state index in [4.69, 9.17) is 9.47 Å². The average molecular weight is 447 g/mol. The first-order valence-corrected chi connectivity index (χ1v) is 11.9. The zero-order valence-electron chi connectivity index (χ0n) is 19.9. The molecule has 2 saturated heterocycles. The number of ether oxygens (including phenoxy) is 2. The van der Waals surface area contributed by atoms with E-state index in [1.165, 1.54) is 0 Å². The minimum atomic E-state index is -0.468. The summed E-state index contributed by atoms with van der Waals surface area (Å²) in [4.78, 5) is 25.6. The Bertz CT molecular complexity index is 816. The largest absolute Gasteiger partial charge is 0.379 e. The molecule has 3 aliphatic rings. The summed E-state index contributed by atoms with van der Waals surface area (Å²) in [5.41, 5.74) is 0.0238. The number of nitrogens with one attached hydrogen (secondary N) is 3. The molecule has 0 aromatic carbocycles. The summed E-state index contributed by atoms with van der Waals surface area (Å²) < 4.78 is 11.6. The maximum atomic E-state index is 13.2. The van der Waals surface area contributed by atoms with Crippen LogP contribution in [-0.4, -0.2) is 53.9 Å². The van der Waals surface area contributed by atoms with E-state index in [-0.39, 0.29) is 30.0 Å². The topological polar surface area (TPSA) is 105 Å². The van der Waals surface area contributed by atoms with Crippen molar-refractivity contribution in [3.8, 4) is 0 Å². The van der Waals surface area contributed by atoms with Gasteiger partial charge in [0.05, 0.1) is 31.0 Å². The fourth-order valence-corrected chi connectivity index (χ4v) is 5.14. The van der Waals surface area contributed by atoms with Gasteiger partial charge in [0.25, 0.3) is 0 Å². The number of nitrogens with zero attached hydrogens (tertiary/aromatic N) is 1. The molecule has 3 N–H and O–H groups in total. The van der Waals surface area contributed by atoms with Crippen molar-refractivity contribution in [1.82, 2.24) is 20.8 Å². The summed E-state index contributed by atoms with van der Waals surface area (Å²) in [5.74, 6) is 1.46. The standard InChI is InChI=1S/C24H38N4O4/c1-23(2,3)21(29)27-19-13-31-12-16(19)15-10-14(15)11-24(4,5)22(30)26-17-7-9-32-20(17)18-6-8-25-28-18/h6,8,14-17,19-20H,7,9-13H2,1-5H3,(H,25,28)(H,26,30)(H,27,29). The van der Waals surface area contributed by atoms with Crippen molar-refractivity contribution in [2.24, 2.45) is 28.6 Å². The number of rotatable bonds is 7. The third-order valence-electron chi connectivity index (χ3n) is 7.27. The molecule has 2 aliphatic heterocycles. The fraction of sp³-hybridized carbons (Fsp3) is 0.792. The predicted octanol–water partition coefficient (Wildman–Crippen LogP) is 2.59. The number of hydrogen-bond donors (Lipinski definition) is 3. The SMILES string of the molecule is CC(C)(C)C(=O)NC1COCC1C1CC1CC(C)(C)C(=O)NC1CCOC1c1ccn[nH]1. The van der Waals surface area contributed by atoms with Gasteiger partial charge in [0.2, 0.25) is 11.8 Å². The van der Waals surface area contributed by atoms with Crippen molar-refractivity contribution < 1.29 is 19.1 Å². The molecule has 0 radical (unpaired) electrons. The second-order valence-electron chi connectivity index (χ2n) is 11.5. The van der Waals surface area contributed by atoms with Gasteiger partial charge in [0, 0.05) is 29.6 Å². The molecule has 1 saturated carbocycles. The molecule has 2 amide bonds. The summed E-state index contributed by atoms with van der Waals surface area (Å²) in [6, 6.07) is 1.92. The van der Waals surface area contributed by atoms with E-state index >= 15 is 0 Å². The lowest BCUT2D eigenvalue weighted by Gasteiger charge is -2.28. The molecule has 1 aromatic heterocycles. The van der Waals surface area contributed by atoms with Gasteiger partial charge >= 0.3 is 0 Å². The maximum absolute atomic E-state index is 13.2. The molecule has 8 heteroatoms. The minimum Gasteiger partial charge on any atom is -0.379 e. The Kier molecular flexibility index (Phi) is 6.38. The molecule has 3 heterocycles. The van der Waals surface area contributed by atoms with Crippen LogP contribution in [0.1, 0.15) is 65.7 Å². The third-order valence-corrected chi connectivity index (χ3v) is 7.27. The lowest BCUT2D eigenvalue weighted by molar-refractivity contribution is -0.131. The summed E-state index contributed by atoms with van der Waals surface area (Å²) >= 11 is 0. The molecule has 1 aromatic rings. The van der Waals surface area contributed by atoms with Gasteiger partial charge in [-0.25, -0.2) is 0 Å². The predicted molar refractivity (Wildman–Crippen MR) is 120 cm³/mol. The zero-order chi connectivity index (χ0) is 23.1. The van der Waals surface area contributed by atoms with E-state index in [0.29, 0.717) is 37.6 Å². The first-order valence-electron chi connectivity index (χ1n) is 11.9. The van der Waals surface area contributed by atoms with Gasteiger partial charge in [0.15, 0.2) is 0 Å². The van der Waals surface area contributed by atoms with Crippen molar-refractivity contribution in [1.29, 1.82) is 0 Å². The van der Waals surface area contributed by atoms with Crippen LogP contribution in [0.5, 0.6) is 0 Å². The number of amides is 2. The Balaban J connectivity index is 1.30. The number of carbonyl (C=O) groups is 2. The monoisotopic (exact) mass is 446 g/mol. The van der Waals surface area contributed by atoms with Crippen LogP contribution in [0.2, 0.25) is 0 Å². The molecule has 3 fully saturated rings. The van der Waals surface area contributed by atoms with Gasteiger partial charge in [-0.2, -0.15) is 5.10 Å². The first-order chi connectivity index (χ1) is 15.1. The highest BCUT2D eigenvalue weighted by molar-refractivity contribution is 5.82. The van der Waals surface area contributed by atoms with Crippen molar-refractivity contribution >= 4 is 11.8 Å². The number of carbonyl (C=O) groups excluding carboxylic acids is 2. The van der Waals surface area contributed by atoms with Crippen molar-refractivity contribution in [3.05, 3.63) is 18.0 Å². The van der Waals surface area contributed by atoms with Crippen LogP contribution in [0.3, 0.4) is 0 Å². The minimum absolute atomic E-state index is 0.0440. The van der Waals surface area contributed by atoms with E-state index in [1.54, 1.807) is 6.20 Å². The van der Waals surface area contributed by atoms with Gasteiger partial charge < -0.3 is 20.1 Å². The smallest absolute Gasteiger partial charge is 0.225 e. The first kappa shape index (κ1) is 23.2. The summed E-state index contributed by atoms with van der Waals surface area (Å²) in [5, 5.41) is 13.4. The number of hydrogen-bond acceptors (Lipinski definition) is 5. The van der Waals surface area contributed by atoms with E-state index < -0.39 is 10.8 Å². The van der Waals surface area contributed by atoms with E-state index in [0.717, 1.165) is 25.0 Å². The van der Waals surface area contributed by atoms with Crippen LogP contribution in [-0.2, 0) is 19.1 Å². The van der Waals surface area contributed by atoms with Crippen molar-refractivity contribution in [2.45, 2.75) is 72.1 Å². The third kappa shape index (κ3) is 5.01. The molecule has 0 bridgehead atoms. The molecule has 178 valence electrons. The number of aromatic nitrogens is 2. The van der Waals surface area contributed by atoms with Crippen molar-refractivity contribution in [2.75, 3.05) is 19.8 Å². The van der Waals surface area contributed by atoms with Crippen LogP contribution >= 0.6 is 0 Å². The zero-order valence-corrected chi connectivity index (χ0v) is 19.9. The molecule has 0 spiro atoms. The molecular weight excluding hydrogens is 408 g/mol. The highest BCUT2D eigenvalue weighted by Crippen LogP contribution is 2.52. The van der Waals surface area contributed by atoms with Crippen LogP contribution in [0.15, 0.2) is 12.3 Å². The lowest BCUT2D eigenvalue weighted by Crippen LogP contribution is -2.46.